The van der Waals surface area contributed by atoms with E-state index in [0.717, 1.165) is 6.54 Å². The summed E-state index contributed by atoms with van der Waals surface area (Å²) < 4.78 is 4.35. The van der Waals surface area contributed by atoms with Gasteiger partial charge in [-0.2, -0.15) is 0 Å². The molecule has 0 saturated carbocycles. The van der Waals surface area contributed by atoms with Crippen molar-refractivity contribution in [3.05, 3.63) is 35.4 Å². The van der Waals surface area contributed by atoms with Crippen molar-refractivity contribution in [3.63, 3.8) is 0 Å². The fourth-order valence-electron chi connectivity index (χ4n) is 1.24. The molecule has 1 aromatic rings. The Kier molecular flexibility index (Phi) is 4.66. The van der Waals surface area contributed by atoms with E-state index in [1.165, 1.54) is 12.8 Å². The maximum Gasteiger partial charge on any atom is 0.346 e. The number of carbonyl (C=O) groups excluding carboxylic acids is 2. The van der Waals surface area contributed by atoms with E-state index >= 15 is 0 Å². The predicted octanol–water partition coefficient (Wildman–Crippen LogP) is 1.74. The summed E-state index contributed by atoms with van der Waals surface area (Å²) in [6.45, 7) is 2.98. The zero-order valence-electron chi connectivity index (χ0n) is 9.23. The summed E-state index contributed by atoms with van der Waals surface area (Å²) in [5, 5.41) is 0. The molecule has 86 valence electrons. The lowest BCUT2D eigenvalue weighted by Crippen LogP contribution is -1.96. The zero-order valence-corrected chi connectivity index (χ0v) is 9.23. The number of rotatable bonds is 2. The van der Waals surface area contributed by atoms with E-state index in [1.807, 2.05) is 0 Å². The molecule has 2 rings (SSSR count). The molecule has 0 radical (unpaired) electrons. The SMILES string of the molecule is CCCCN.O=C1OC(=O)c2ccccc21. The first-order chi connectivity index (χ1) is 7.70. The van der Waals surface area contributed by atoms with Crippen LogP contribution in [0.4, 0.5) is 0 Å². The van der Waals surface area contributed by atoms with Gasteiger partial charge in [0.2, 0.25) is 0 Å². The van der Waals surface area contributed by atoms with Crippen molar-refractivity contribution in [2.24, 2.45) is 5.73 Å². The average Bonchev–Trinajstić information content (AvgIpc) is 2.58. The van der Waals surface area contributed by atoms with Gasteiger partial charge in [0, 0.05) is 0 Å². The van der Waals surface area contributed by atoms with Crippen molar-refractivity contribution in [1.82, 2.24) is 0 Å². The van der Waals surface area contributed by atoms with Crippen LogP contribution in [0.1, 0.15) is 40.5 Å². The monoisotopic (exact) mass is 221 g/mol. The maximum atomic E-state index is 10.8. The van der Waals surface area contributed by atoms with Crippen molar-refractivity contribution in [3.8, 4) is 0 Å². The molecule has 16 heavy (non-hydrogen) atoms. The molecular weight excluding hydrogens is 206 g/mol. The Morgan fingerprint density at radius 1 is 1.12 bits per heavy atom. The van der Waals surface area contributed by atoms with Gasteiger partial charge in [-0.25, -0.2) is 9.59 Å². The van der Waals surface area contributed by atoms with Gasteiger partial charge in [0.25, 0.3) is 0 Å². The molecule has 0 spiro atoms. The first-order valence-corrected chi connectivity index (χ1v) is 5.26. The number of carbonyl (C=O) groups is 2. The standard InChI is InChI=1S/C8H4O3.C4H11N/c9-7-5-3-1-2-4-6(5)8(10)11-7;1-2-3-4-5/h1-4H;2-5H2,1H3. The molecule has 0 bridgehead atoms. The molecule has 0 saturated heterocycles. The van der Waals surface area contributed by atoms with E-state index in [1.54, 1.807) is 24.3 Å². The molecule has 1 heterocycles. The first kappa shape index (κ1) is 12.4. The summed E-state index contributed by atoms with van der Waals surface area (Å²) >= 11 is 0. The summed E-state index contributed by atoms with van der Waals surface area (Å²) in [6.07, 6.45) is 2.39. The molecule has 4 nitrogen and oxygen atoms in total. The van der Waals surface area contributed by atoms with Crippen LogP contribution in [0.2, 0.25) is 0 Å². The van der Waals surface area contributed by atoms with E-state index in [0.29, 0.717) is 11.1 Å². The number of hydrogen-bond acceptors (Lipinski definition) is 4. The van der Waals surface area contributed by atoms with Crippen molar-refractivity contribution in [1.29, 1.82) is 0 Å². The number of unbranched alkanes of at least 4 members (excludes halogenated alkanes) is 1. The Bertz CT molecular complexity index is 353. The fraction of sp³-hybridized carbons (Fsp3) is 0.333. The fourth-order valence-corrected chi connectivity index (χ4v) is 1.24. The first-order valence-electron chi connectivity index (χ1n) is 5.26. The Morgan fingerprint density at radius 2 is 1.62 bits per heavy atom. The highest BCUT2D eigenvalue weighted by Crippen LogP contribution is 2.18. The molecule has 0 aromatic heterocycles. The summed E-state index contributed by atoms with van der Waals surface area (Å²) in [6, 6.07) is 6.53. The lowest BCUT2D eigenvalue weighted by atomic mass is 10.1. The van der Waals surface area contributed by atoms with Crippen molar-refractivity contribution in [2.45, 2.75) is 19.8 Å². The van der Waals surface area contributed by atoms with Gasteiger partial charge in [0.15, 0.2) is 0 Å². The number of hydrogen-bond donors (Lipinski definition) is 1. The Balaban J connectivity index is 0.000000221. The largest absolute Gasteiger partial charge is 0.386 e. The van der Waals surface area contributed by atoms with Crippen molar-refractivity contribution >= 4 is 11.9 Å². The number of fused-ring (bicyclic) bond motifs is 1. The second-order valence-corrected chi connectivity index (χ2v) is 3.36. The van der Waals surface area contributed by atoms with Crippen LogP contribution in [0.5, 0.6) is 0 Å². The lowest BCUT2D eigenvalue weighted by Gasteiger charge is -1.86. The molecule has 0 aliphatic carbocycles. The highest BCUT2D eigenvalue weighted by molar-refractivity contribution is 6.14. The molecule has 1 aliphatic rings. The zero-order chi connectivity index (χ0) is 12.0. The van der Waals surface area contributed by atoms with E-state index in [4.69, 9.17) is 5.73 Å². The number of benzene rings is 1. The molecule has 2 N–H and O–H groups in total. The quantitative estimate of drug-likeness (QED) is 0.610. The minimum Gasteiger partial charge on any atom is -0.386 e. The van der Waals surface area contributed by atoms with Gasteiger partial charge in [-0.3, -0.25) is 0 Å². The predicted molar refractivity (Wildman–Crippen MR) is 60.2 cm³/mol. The van der Waals surface area contributed by atoms with Crippen molar-refractivity contribution in [2.75, 3.05) is 6.54 Å². The molecule has 1 aromatic carbocycles. The van der Waals surface area contributed by atoms with Gasteiger partial charge in [0.1, 0.15) is 0 Å². The number of esters is 2. The third kappa shape index (κ3) is 2.90. The van der Waals surface area contributed by atoms with Crippen LogP contribution in [0.15, 0.2) is 24.3 Å². The van der Waals surface area contributed by atoms with Gasteiger partial charge in [-0.15, -0.1) is 0 Å². The normalized spacial score (nSPS) is 12.6. The third-order valence-corrected chi connectivity index (χ3v) is 2.11. The van der Waals surface area contributed by atoms with Gasteiger partial charge in [-0.05, 0) is 25.1 Å². The molecule has 0 unspecified atom stereocenters. The third-order valence-electron chi connectivity index (χ3n) is 2.11. The van der Waals surface area contributed by atoms with Crippen LogP contribution in [-0.4, -0.2) is 18.5 Å². The summed E-state index contributed by atoms with van der Waals surface area (Å²) in [4.78, 5) is 21.7. The van der Waals surface area contributed by atoms with Gasteiger partial charge < -0.3 is 10.5 Å². The summed E-state index contributed by atoms with van der Waals surface area (Å²) in [5.41, 5.74) is 5.86. The Labute approximate surface area is 94.4 Å². The lowest BCUT2D eigenvalue weighted by molar-refractivity contribution is 0.0444. The highest BCUT2D eigenvalue weighted by Gasteiger charge is 2.28. The minimum atomic E-state index is -0.550. The highest BCUT2D eigenvalue weighted by atomic mass is 16.6. The van der Waals surface area contributed by atoms with Crippen LogP contribution in [0, 0.1) is 0 Å². The van der Waals surface area contributed by atoms with Gasteiger partial charge in [0.05, 0.1) is 11.1 Å². The summed E-state index contributed by atoms with van der Waals surface area (Å²) in [5.74, 6) is -1.10. The molecule has 0 atom stereocenters. The minimum absolute atomic E-state index is 0.359. The van der Waals surface area contributed by atoms with Crippen LogP contribution < -0.4 is 5.73 Å². The summed E-state index contributed by atoms with van der Waals surface area (Å²) in [7, 11) is 0. The van der Waals surface area contributed by atoms with Crippen LogP contribution >= 0.6 is 0 Å². The van der Waals surface area contributed by atoms with E-state index in [9.17, 15) is 9.59 Å². The van der Waals surface area contributed by atoms with Gasteiger partial charge >= 0.3 is 11.9 Å². The Hall–Kier alpha value is -1.68. The number of ether oxygens (including phenoxy) is 1. The van der Waals surface area contributed by atoms with Crippen LogP contribution in [-0.2, 0) is 4.74 Å². The maximum absolute atomic E-state index is 10.8. The number of nitrogens with two attached hydrogens (primary N) is 1. The number of cyclic esters (lactones) is 2. The molecule has 0 fully saturated rings. The molecular formula is C12H15NO3. The smallest absolute Gasteiger partial charge is 0.346 e. The average molecular weight is 221 g/mol. The topological polar surface area (TPSA) is 69.4 Å². The molecule has 0 amide bonds. The molecule has 1 aliphatic heterocycles. The van der Waals surface area contributed by atoms with Crippen molar-refractivity contribution < 1.29 is 14.3 Å². The van der Waals surface area contributed by atoms with Gasteiger partial charge in [-0.1, -0.05) is 25.5 Å². The Morgan fingerprint density at radius 3 is 1.94 bits per heavy atom. The second kappa shape index (κ2) is 6.02. The van der Waals surface area contributed by atoms with Crippen LogP contribution in [0.3, 0.4) is 0 Å². The second-order valence-electron chi connectivity index (χ2n) is 3.36. The van der Waals surface area contributed by atoms with Crippen LogP contribution in [0.25, 0.3) is 0 Å². The van der Waals surface area contributed by atoms with E-state index in [-0.39, 0.29) is 0 Å². The van der Waals surface area contributed by atoms with E-state index in [2.05, 4.69) is 11.7 Å². The van der Waals surface area contributed by atoms with E-state index < -0.39 is 11.9 Å². The molecule has 4 heteroatoms.